The Morgan fingerprint density at radius 1 is 0.848 bits per heavy atom. The van der Waals surface area contributed by atoms with Crippen molar-refractivity contribution >= 4 is 35.6 Å². The number of aliphatic hydroxyl groups excluding tert-OH is 1. The minimum Gasteiger partial charge on any atom is -0.491 e. The van der Waals surface area contributed by atoms with E-state index in [0.717, 1.165) is 10.5 Å². The maximum absolute atomic E-state index is 16.3. The van der Waals surface area contributed by atoms with E-state index in [1.54, 1.807) is 54.7 Å². The monoisotopic (exact) mass is 892 g/mol. The Morgan fingerprint density at radius 2 is 1.59 bits per heavy atom. The number of imide groups is 1. The summed E-state index contributed by atoms with van der Waals surface area (Å²) >= 11 is 0. The van der Waals surface area contributed by atoms with E-state index in [9.17, 15) is 14.7 Å². The van der Waals surface area contributed by atoms with E-state index in [1.165, 1.54) is 7.11 Å². The number of primary amides is 1. The number of pyridine rings is 1. The lowest BCUT2D eigenvalue weighted by atomic mass is 9.65. The number of aromatic nitrogens is 1. The third kappa shape index (κ3) is 8.66. The molecule has 0 bridgehead atoms. The molecule has 5 amide bonds. The minimum atomic E-state index is -2.09. The van der Waals surface area contributed by atoms with E-state index in [1.807, 2.05) is 77.7 Å². The number of morpholine rings is 1. The highest BCUT2D eigenvalue weighted by Gasteiger charge is 2.75. The number of benzene rings is 4. The predicted octanol–water partition coefficient (Wildman–Crippen LogP) is 4.28. The normalized spacial score (nSPS) is 21.8. The second-order valence-corrected chi connectivity index (χ2v) is 15.8. The molecule has 8 rings (SSSR count). The number of rotatable bonds is 14. The quantitative estimate of drug-likeness (QED) is 0.0700. The van der Waals surface area contributed by atoms with Crippen LogP contribution in [-0.4, -0.2) is 97.6 Å². The number of fused-ring (bicyclic) bond motifs is 3. The summed E-state index contributed by atoms with van der Waals surface area (Å²) in [5.74, 6) is 2.41. The Labute approximate surface area is 381 Å². The van der Waals surface area contributed by atoms with Crippen molar-refractivity contribution in [2.24, 2.45) is 11.7 Å². The summed E-state index contributed by atoms with van der Waals surface area (Å²) in [6.45, 7) is -0.503. The number of cyclic esters (lactones) is 1. The molecule has 1 spiro atoms. The summed E-state index contributed by atoms with van der Waals surface area (Å²) in [5, 5.41) is 15.2. The van der Waals surface area contributed by atoms with Crippen LogP contribution in [0.4, 0.5) is 15.3 Å². The fraction of sp³-hybridized carbons (Fsp3) is 0.280. The summed E-state index contributed by atoms with van der Waals surface area (Å²) in [7, 11) is 1.44. The molecule has 3 aliphatic heterocycles. The van der Waals surface area contributed by atoms with Crippen LogP contribution in [0.1, 0.15) is 51.7 Å². The first-order valence-corrected chi connectivity index (χ1v) is 21.4. The molecule has 1 aromatic heterocycles. The van der Waals surface area contributed by atoms with Crippen LogP contribution in [0.15, 0.2) is 128 Å². The summed E-state index contributed by atoms with van der Waals surface area (Å²) in [4.78, 5) is 80.3. The number of esters is 1. The summed E-state index contributed by atoms with van der Waals surface area (Å²) in [6, 6.07) is 31.5. The number of ether oxygens (including phenoxy) is 4. The summed E-state index contributed by atoms with van der Waals surface area (Å²) in [6.07, 6.45) is -0.00341. The molecule has 16 heteroatoms. The highest BCUT2D eigenvalue weighted by atomic mass is 16.6. The highest BCUT2D eigenvalue weighted by molar-refractivity contribution is 6.23. The maximum atomic E-state index is 16.3. The largest absolute Gasteiger partial charge is 0.491 e. The number of hydrogen-bond donors (Lipinski definition) is 4. The highest BCUT2D eigenvalue weighted by Crippen LogP contribution is 2.66. The Hall–Kier alpha value is -7.58. The van der Waals surface area contributed by atoms with Gasteiger partial charge in [-0.3, -0.25) is 24.3 Å². The zero-order valence-electron chi connectivity index (χ0n) is 36.0. The molecule has 5 N–H and O–H groups in total. The molecule has 3 aliphatic rings. The van der Waals surface area contributed by atoms with Crippen molar-refractivity contribution in [2.45, 2.75) is 36.1 Å². The number of carbonyl (C=O) groups is 5. The Morgan fingerprint density at radius 3 is 2.30 bits per heavy atom. The number of hydrogen-bond acceptors (Lipinski definition) is 12. The van der Waals surface area contributed by atoms with Gasteiger partial charge in [0.05, 0.1) is 43.4 Å². The number of nitrogens with one attached hydrogen (secondary N) is 2. The van der Waals surface area contributed by atoms with E-state index in [2.05, 4.69) is 27.5 Å². The van der Waals surface area contributed by atoms with Gasteiger partial charge in [0.15, 0.2) is 0 Å². The Bertz CT molecular complexity index is 2640. The van der Waals surface area contributed by atoms with Gasteiger partial charge in [0.1, 0.15) is 36.5 Å². The van der Waals surface area contributed by atoms with Crippen molar-refractivity contribution in [2.75, 3.05) is 51.5 Å². The number of carbonyl (C=O) groups excluding carboxylic acids is 5. The number of amides is 5. The summed E-state index contributed by atoms with van der Waals surface area (Å²) < 4.78 is 23.3. The van der Waals surface area contributed by atoms with Crippen molar-refractivity contribution in [3.8, 4) is 17.6 Å². The zero-order valence-corrected chi connectivity index (χ0v) is 36.0. The van der Waals surface area contributed by atoms with Crippen molar-refractivity contribution in [1.82, 2.24) is 20.5 Å². The standard InChI is InChI=1S/C50H48N6O10/c1-63-28-29-65-49(62)55-39-21-20-32(12-11-24-54-48(51)61)30-38(39)50(47(55)60)40(45(58)53-25-22-36-18-8-9-23-52-36)42-46(59)66-43(34-15-6-3-7-16-34)41(33-13-4-2-5-14-33)56(42)44(50)35-17-10-19-37(31-35)64-27-26-57/h2-10,13-21,23,30-31,40-44,57H,22,24-29H2,1H3,(H,53,58)(H3,51,54,61)/t40-,41-,42-,43+,44+,50-/m0/s1. The fourth-order valence-corrected chi connectivity index (χ4v) is 9.43. The van der Waals surface area contributed by atoms with Gasteiger partial charge in [-0.15, -0.1) is 0 Å². The van der Waals surface area contributed by atoms with Gasteiger partial charge in [0.2, 0.25) is 11.8 Å². The number of urea groups is 1. The number of aliphatic hydroxyl groups is 1. The Balaban J connectivity index is 1.42. The molecule has 2 fully saturated rings. The van der Waals surface area contributed by atoms with Crippen LogP contribution in [0.25, 0.3) is 0 Å². The first-order valence-electron chi connectivity index (χ1n) is 21.4. The third-order valence-corrected chi connectivity index (χ3v) is 12.0. The molecule has 0 radical (unpaired) electrons. The predicted molar refractivity (Wildman–Crippen MR) is 240 cm³/mol. The molecule has 4 aromatic carbocycles. The van der Waals surface area contributed by atoms with Gasteiger partial charge in [-0.2, -0.15) is 0 Å². The van der Waals surface area contributed by atoms with E-state index in [-0.39, 0.29) is 50.8 Å². The van der Waals surface area contributed by atoms with Crippen LogP contribution in [0.3, 0.4) is 0 Å². The smallest absolute Gasteiger partial charge is 0.421 e. The van der Waals surface area contributed by atoms with Crippen LogP contribution < -0.4 is 26.0 Å². The van der Waals surface area contributed by atoms with Gasteiger partial charge < -0.3 is 40.4 Å². The molecule has 338 valence electrons. The first kappa shape index (κ1) is 45.0. The van der Waals surface area contributed by atoms with E-state index in [4.69, 9.17) is 24.7 Å². The van der Waals surface area contributed by atoms with Crippen LogP contribution >= 0.6 is 0 Å². The number of methoxy groups -OCH3 is 1. The van der Waals surface area contributed by atoms with Gasteiger partial charge in [0.25, 0.3) is 0 Å². The van der Waals surface area contributed by atoms with Crippen LogP contribution in [0, 0.1) is 17.8 Å². The van der Waals surface area contributed by atoms with Crippen LogP contribution in [0.5, 0.6) is 5.75 Å². The third-order valence-electron chi connectivity index (χ3n) is 12.0. The van der Waals surface area contributed by atoms with Crippen LogP contribution in [0.2, 0.25) is 0 Å². The van der Waals surface area contributed by atoms with Gasteiger partial charge >= 0.3 is 18.1 Å². The lowest BCUT2D eigenvalue weighted by molar-refractivity contribution is -0.178. The van der Waals surface area contributed by atoms with Crippen molar-refractivity contribution in [3.05, 3.63) is 161 Å². The molecule has 16 nitrogen and oxygen atoms in total. The molecule has 66 heavy (non-hydrogen) atoms. The SMILES string of the molecule is COCCOC(=O)N1C(=O)[C@@]2(c3cc(C#CCNC(N)=O)ccc31)[C@H](C(=O)NCCc1ccccn1)[C@H]1C(=O)O[C@H](c3ccccc3)[C@H](c3ccccc3)N1[C@@H]2c1cccc(OCCO)c1. The second-order valence-electron chi connectivity index (χ2n) is 15.8. The molecular weight excluding hydrogens is 845 g/mol. The zero-order chi connectivity index (χ0) is 46.2. The van der Waals surface area contributed by atoms with Crippen molar-refractivity contribution < 1.29 is 48.0 Å². The topological polar surface area (TPSA) is 212 Å². The molecule has 0 unspecified atom stereocenters. The van der Waals surface area contributed by atoms with Gasteiger partial charge in [-0.1, -0.05) is 90.7 Å². The second kappa shape index (κ2) is 20.1. The van der Waals surface area contributed by atoms with Crippen molar-refractivity contribution in [1.29, 1.82) is 0 Å². The molecule has 6 atom stereocenters. The molecular formula is C50H48N6O10. The van der Waals surface area contributed by atoms with Crippen LogP contribution in [-0.2, 0) is 40.4 Å². The van der Waals surface area contributed by atoms with E-state index in [0.29, 0.717) is 34.6 Å². The molecule has 5 aromatic rings. The molecule has 0 aliphatic carbocycles. The minimum absolute atomic E-state index is 0.0333. The number of nitrogens with zero attached hydrogens (tertiary/aromatic N) is 3. The number of nitrogens with two attached hydrogens (primary N) is 1. The fourth-order valence-electron chi connectivity index (χ4n) is 9.43. The van der Waals surface area contributed by atoms with Crippen molar-refractivity contribution in [3.63, 3.8) is 0 Å². The van der Waals surface area contributed by atoms with E-state index < -0.39 is 65.5 Å². The number of anilines is 1. The van der Waals surface area contributed by atoms with Gasteiger partial charge in [-0.05, 0) is 64.7 Å². The Kier molecular flexibility index (Phi) is 13.7. The van der Waals surface area contributed by atoms with E-state index >= 15 is 14.4 Å². The summed E-state index contributed by atoms with van der Waals surface area (Å²) in [5.41, 5.74) is 6.43. The molecule has 2 saturated heterocycles. The van der Waals surface area contributed by atoms with Gasteiger partial charge in [-0.25, -0.2) is 14.5 Å². The molecule has 4 heterocycles. The lowest BCUT2D eigenvalue weighted by Gasteiger charge is -2.46. The maximum Gasteiger partial charge on any atom is 0.421 e. The first-order chi connectivity index (χ1) is 32.2. The average Bonchev–Trinajstić information content (AvgIpc) is 3.79. The lowest BCUT2D eigenvalue weighted by Crippen LogP contribution is -2.56. The van der Waals surface area contributed by atoms with Gasteiger partial charge in [0, 0.05) is 37.5 Å². The average molecular weight is 893 g/mol. The molecule has 0 saturated carbocycles.